The second-order valence-electron chi connectivity index (χ2n) is 6.38. The molecule has 0 unspecified atom stereocenters. The van der Waals surface area contributed by atoms with Gasteiger partial charge in [-0.3, -0.25) is 9.79 Å². The number of nitrogen functional groups attached to an aromatic ring is 1. The van der Waals surface area contributed by atoms with Crippen molar-refractivity contribution in [3.8, 4) is 0 Å². The molecule has 1 aliphatic heterocycles. The van der Waals surface area contributed by atoms with Gasteiger partial charge in [0, 0.05) is 41.9 Å². The van der Waals surface area contributed by atoms with Gasteiger partial charge in [-0.05, 0) is 62.2 Å². The number of nitrogens with two attached hydrogens (primary N) is 1. The van der Waals surface area contributed by atoms with Gasteiger partial charge in [-0.1, -0.05) is 6.92 Å². The Morgan fingerprint density at radius 2 is 2.20 bits per heavy atom. The Balaban J connectivity index is 2.12. The van der Waals surface area contributed by atoms with Crippen LogP contribution in [0.3, 0.4) is 0 Å². The lowest BCUT2D eigenvalue weighted by Crippen LogP contribution is -2.29. The quantitative estimate of drug-likeness (QED) is 0.377. The molecule has 0 bridgehead atoms. The molecule has 0 atom stereocenters. The molecule has 138 valence electrons. The molecule has 4 N–H and O–H groups in total. The molecular formula is C19H30N4OS. The minimum atomic E-state index is -0.0288. The van der Waals surface area contributed by atoms with E-state index in [0.29, 0.717) is 23.7 Å². The molecule has 6 heteroatoms. The molecule has 0 spiro atoms. The minimum Gasteiger partial charge on any atom is -0.398 e. The number of rotatable bonds is 8. The van der Waals surface area contributed by atoms with Gasteiger partial charge in [0.15, 0.2) is 0 Å². The Kier molecular flexibility index (Phi) is 8.28. The standard InChI is InChI=1S/C19H30N4OS/c1-3-15-16(19(24)23-10-11-25-2)4-5-18(20)17(15)13-22-12-14-6-8-21-9-7-14/h4-5,13-14,21H,3,6-12,20H2,1-2H3,(H,23,24). The molecule has 0 saturated carbocycles. The van der Waals surface area contributed by atoms with Crippen molar-refractivity contribution < 1.29 is 4.79 Å². The van der Waals surface area contributed by atoms with E-state index in [0.717, 1.165) is 42.9 Å². The molecule has 1 heterocycles. The summed E-state index contributed by atoms with van der Waals surface area (Å²) in [7, 11) is 0. The number of piperidine rings is 1. The van der Waals surface area contributed by atoms with Crippen molar-refractivity contribution in [1.82, 2.24) is 10.6 Å². The van der Waals surface area contributed by atoms with E-state index in [9.17, 15) is 4.79 Å². The lowest BCUT2D eigenvalue weighted by Gasteiger charge is -2.20. The van der Waals surface area contributed by atoms with E-state index in [1.54, 1.807) is 11.8 Å². The maximum Gasteiger partial charge on any atom is 0.251 e. The van der Waals surface area contributed by atoms with Crippen molar-refractivity contribution in [2.75, 3.05) is 43.9 Å². The number of anilines is 1. The van der Waals surface area contributed by atoms with Crippen molar-refractivity contribution >= 4 is 29.6 Å². The van der Waals surface area contributed by atoms with Crippen LogP contribution in [-0.2, 0) is 6.42 Å². The van der Waals surface area contributed by atoms with Gasteiger partial charge in [0.1, 0.15) is 0 Å². The molecule has 0 aliphatic carbocycles. The number of benzene rings is 1. The van der Waals surface area contributed by atoms with E-state index in [4.69, 9.17) is 5.73 Å². The van der Waals surface area contributed by atoms with Gasteiger partial charge in [-0.2, -0.15) is 11.8 Å². The van der Waals surface area contributed by atoms with Gasteiger partial charge < -0.3 is 16.4 Å². The molecule has 2 rings (SSSR count). The van der Waals surface area contributed by atoms with E-state index < -0.39 is 0 Å². The van der Waals surface area contributed by atoms with E-state index in [2.05, 4.69) is 22.5 Å². The molecule has 0 aromatic heterocycles. The molecule has 1 amide bonds. The number of aliphatic imine (C=N–C) groups is 1. The summed E-state index contributed by atoms with van der Waals surface area (Å²) in [6.07, 6.45) is 7.00. The maximum atomic E-state index is 12.5. The van der Waals surface area contributed by atoms with Gasteiger partial charge >= 0.3 is 0 Å². The number of amides is 1. The maximum absolute atomic E-state index is 12.5. The molecule has 1 aromatic rings. The van der Waals surface area contributed by atoms with E-state index in [1.807, 2.05) is 24.6 Å². The number of hydrogen-bond donors (Lipinski definition) is 3. The van der Waals surface area contributed by atoms with Crippen LogP contribution < -0.4 is 16.4 Å². The average molecular weight is 363 g/mol. The Morgan fingerprint density at radius 1 is 1.44 bits per heavy atom. The predicted molar refractivity (Wildman–Crippen MR) is 109 cm³/mol. The van der Waals surface area contributed by atoms with Crippen LogP contribution in [0.15, 0.2) is 17.1 Å². The molecule has 1 saturated heterocycles. The first-order chi connectivity index (χ1) is 12.2. The largest absolute Gasteiger partial charge is 0.398 e. The van der Waals surface area contributed by atoms with Crippen LogP contribution >= 0.6 is 11.8 Å². The zero-order valence-electron chi connectivity index (χ0n) is 15.3. The molecular weight excluding hydrogens is 332 g/mol. The zero-order chi connectivity index (χ0) is 18.1. The fraction of sp³-hybridized carbons (Fsp3) is 0.579. The summed E-state index contributed by atoms with van der Waals surface area (Å²) in [5.74, 6) is 1.52. The smallest absolute Gasteiger partial charge is 0.251 e. The molecule has 1 aromatic carbocycles. The van der Waals surface area contributed by atoms with Crippen LogP contribution in [0.5, 0.6) is 0 Å². The molecule has 1 aliphatic rings. The van der Waals surface area contributed by atoms with Gasteiger partial charge in [0.2, 0.25) is 0 Å². The first kappa shape index (κ1) is 19.8. The number of nitrogens with zero attached hydrogens (tertiary/aromatic N) is 1. The third kappa shape index (κ3) is 5.75. The SMILES string of the molecule is CCc1c(C(=O)NCCSC)ccc(N)c1C=NCC1CCNCC1. The molecule has 5 nitrogen and oxygen atoms in total. The van der Waals surface area contributed by atoms with E-state index >= 15 is 0 Å². The van der Waals surface area contributed by atoms with Crippen LogP contribution in [0.25, 0.3) is 0 Å². The van der Waals surface area contributed by atoms with E-state index in [1.165, 1.54) is 12.8 Å². The highest BCUT2D eigenvalue weighted by molar-refractivity contribution is 7.98. The molecule has 0 radical (unpaired) electrons. The number of nitrogens with one attached hydrogen (secondary N) is 2. The highest BCUT2D eigenvalue weighted by atomic mass is 32.2. The third-order valence-electron chi connectivity index (χ3n) is 4.62. The first-order valence-corrected chi connectivity index (χ1v) is 10.5. The summed E-state index contributed by atoms with van der Waals surface area (Å²) in [5.41, 5.74) is 9.45. The summed E-state index contributed by atoms with van der Waals surface area (Å²) in [4.78, 5) is 17.1. The fourth-order valence-electron chi connectivity index (χ4n) is 3.15. The Bertz CT molecular complexity index is 597. The Labute approximate surface area is 155 Å². The first-order valence-electron chi connectivity index (χ1n) is 9.06. The van der Waals surface area contributed by atoms with Crippen molar-refractivity contribution in [3.05, 3.63) is 28.8 Å². The lowest BCUT2D eigenvalue weighted by molar-refractivity contribution is 0.0955. The van der Waals surface area contributed by atoms with Crippen molar-refractivity contribution in [2.24, 2.45) is 10.9 Å². The van der Waals surface area contributed by atoms with Crippen molar-refractivity contribution in [1.29, 1.82) is 0 Å². The number of thioether (sulfide) groups is 1. The van der Waals surface area contributed by atoms with Crippen LogP contribution in [-0.4, -0.2) is 50.3 Å². The zero-order valence-corrected chi connectivity index (χ0v) is 16.1. The number of carbonyl (C=O) groups is 1. The van der Waals surface area contributed by atoms with Gasteiger partial charge in [-0.15, -0.1) is 0 Å². The average Bonchev–Trinajstić information content (AvgIpc) is 2.63. The van der Waals surface area contributed by atoms with Crippen molar-refractivity contribution in [3.63, 3.8) is 0 Å². The molecule has 25 heavy (non-hydrogen) atoms. The van der Waals surface area contributed by atoms with Crippen molar-refractivity contribution in [2.45, 2.75) is 26.2 Å². The highest BCUT2D eigenvalue weighted by Crippen LogP contribution is 2.21. The van der Waals surface area contributed by atoms with E-state index in [-0.39, 0.29) is 5.91 Å². The van der Waals surface area contributed by atoms with Crippen LogP contribution in [0, 0.1) is 5.92 Å². The summed E-state index contributed by atoms with van der Waals surface area (Å²) in [6.45, 7) is 5.71. The summed E-state index contributed by atoms with van der Waals surface area (Å²) in [6, 6.07) is 3.64. The van der Waals surface area contributed by atoms with Crippen LogP contribution in [0.2, 0.25) is 0 Å². The Morgan fingerprint density at radius 3 is 2.88 bits per heavy atom. The highest BCUT2D eigenvalue weighted by Gasteiger charge is 2.15. The Hall–Kier alpha value is -1.53. The van der Waals surface area contributed by atoms with Crippen LogP contribution in [0.4, 0.5) is 5.69 Å². The van der Waals surface area contributed by atoms with Crippen LogP contribution in [0.1, 0.15) is 41.3 Å². The topological polar surface area (TPSA) is 79.5 Å². The van der Waals surface area contributed by atoms with Gasteiger partial charge in [0.25, 0.3) is 5.91 Å². The second kappa shape index (κ2) is 10.5. The van der Waals surface area contributed by atoms with Gasteiger partial charge in [-0.25, -0.2) is 0 Å². The second-order valence-corrected chi connectivity index (χ2v) is 7.37. The monoisotopic (exact) mass is 362 g/mol. The lowest BCUT2D eigenvalue weighted by atomic mass is 9.96. The summed E-state index contributed by atoms with van der Waals surface area (Å²) >= 11 is 1.72. The fourth-order valence-corrected chi connectivity index (χ4v) is 3.45. The third-order valence-corrected chi connectivity index (χ3v) is 5.24. The predicted octanol–water partition coefficient (Wildman–Crippen LogP) is 2.34. The summed E-state index contributed by atoms with van der Waals surface area (Å²) < 4.78 is 0. The minimum absolute atomic E-state index is 0.0288. The molecule has 1 fully saturated rings. The number of hydrogen-bond acceptors (Lipinski definition) is 5. The normalized spacial score (nSPS) is 15.6. The van der Waals surface area contributed by atoms with Gasteiger partial charge in [0.05, 0.1) is 0 Å². The summed E-state index contributed by atoms with van der Waals surface area (Å²) in [5, 5.41) is 6.35. The number of carbonyl (C=O) groups excluding carboxylic acids is 1.